The number of benzene rings is 1. The van der Waals surface area contributed by atoms with Gasteiger partial charge in [0.1, 0.15) is 0 Å². The van der Waals surface area contributed by atoms with Crippen LogP contribution >= 0.6 is 27.5 Å². The standard InChI is InChI=1S/C11H12BrCl/c1-9-5-6-10(8-11(9)13)4-2-3-7-12/h2,4-6,8H,3,7H2,1H3. The summed E-state index contributed by atoms with van der Waals surface area (Å²) in [5.74, 6) is 0. The second kappa shape index (κ2) is 5.46. The van der Waals surface area contributed by atoms with Gasteiger partial charge in [0.25, 0.3) is 0 Å². The van der Waals surface area contributed by atoms with Crippen molar-refractivity contribution in [3.63, 3.8) is 0 Å². The average molecular weight is 260 g/mol. The Labute approximate surface area is 92.7 Å². The highest BCUT2D eigenvalue weighted by molar-refractivity contribution is 9.09. The number of rotatable bonds is 3. The van der Waals surface area contributed by atoms with E-state index in [2.05, 4.69) is 34.1 Å². The molecular formula is C11H12BrCl. The number of aryl methyl sites for hydroxylation is 1. The highest BCUT2D eigenvalue weighted by atomic mass is 79.9. The molecule has 2 heteroatoms. The summed E-state index contributed by atoms with van der Waals surface area (Å²) in [6, 6.07) is 6.10. The molecular weight excluding hydrogens is 247 g/mol. The van der Waals surface area contributed by atoms with E-state index in [1.165, 1.54) is 0 Å². The fourth-order valence-corrected chi connectivity index (χ4v) is 1.45. The molecule has 0 N–H and O–H groups in total. The number of allylic oxidation sites excluding steroid dienone is 1. The molecule has 0 aliphatic heterocycles. The van der Waals surface area contributed by atoms with Crippen LogP contribution in [0.3, 0.4) is 0 Å². The summed E-state index contributed by atoms with van der Waals surface area (Å²) in [4.78, 5) is 0. The van der Waals surface area contributed by atoms with Crippen LogP contribution in [0.4, 0.5) is 0 Å². The van der Waals surface area contributed by atoms with E-state index in [1.54, 1.807) is 0 Å². The van der Waals surface area contributed by atoms with Crippen molar-refractivity contribution in [3.8, 4) is 0 Å². The Morgan fingerprint density at radius 1 is 1.46 bits per heavy atom. The van der Waals surface area contributed by atoms with Crippen molar-refractivity contribution in [2.24, 2.45) is 0 Å². The average Bonchev–Trinajstić information content (AvgIpc) is 2.12. The molecule has 0 atom stereocenters. The van der Waals surface area contributed by atoms with Gasteiger partial charge in [0, 0.05) is 10.4 Å². The van der Waals surface area contributed by atoms with Gasteiger partial charge in [0.2, 0.25) is 0 Å². The fourth-order valence-electron chi connectivity index (χ4n) is 0.995. The monoisotopic (exact) mass is 258 g/mol. The van der Waals surface area contributed by atoms with Gasteiger partial charge in [0.05, 0.1) is 0 Å². The number of hydrogen-bond donors (Lipinski definition) is 0. The predicted molar refractivity (Wildman–Crippen MR) is 63.6 cm³/mol. The van der Waals surface area contributed by atoms with Crippen LogP contribution in [0.1, 0.15) is 17.5 Å². The Hall–Kier alpha value is -0.270. The Kier molecular flexibility index (Phi) is 4.54. The zero-order valence-electron chi connectivity index (χ0n) is 7.56. The maximum Gasteiger partial charge on any atom is 0.0441 e. The van der Waals surface area contributed by atoms with Gasteiger partial charge in [-0.15, -0.1) is 0 Å². The highest BCUT2D eigenvalue weighted by Crippen LogP contribution is 2.17. The second-order valence-corrected chi connectivity index (χ2v) is 4.09. The van der Waals surface area contributed by atoms with Crippen molar-refractivity contribution in [2.45, 2.75) is 13.3 Å². The lowest BCUT2D eigenvalue weighted by Gasteiger charge is -1.98. The van der Waals surface area contributed by atoms with Gasteiger partial charge in [-0.1, -0.05) is 51.8 Å². The normalized spacial score (nSPS) is 11.0. The number of halogens is 2. The Bertz CT molecular complexity index is 305. The summed E-state index contributed by atoms with van der Waals surface area (Å²) in [5, 5.41) is 1.84. The summed E-state index contributed by atoms with van der Waals surface area (Å²) in [5.41, 5.74) is 2.29. The van der Waals surface area contributed by atoms with Crippen LogP contribution in [0.15, 0.2) is 24.3 Å². The second-order valence-electron chi connectivity index (χ2n) is 2.89. The molecule has 0 heterocycles. The molecule has 0 bridgehead atoms. The van der Waals surface area contributed by atoms with Gasteiger partial charge in [-0.3, -0.25) is 0 Å². The lowest BCUT2D eigenvalue weighted by atomic mass is 10.1. The fraction of sp³-hybridized carbons (Fsp3) is 0.273. The van der Waals surface area contributed by atoms with Crippen molar-refractivity contribution in [1.82, 2.24) is 0 Å². The minimum atomic E-state index is 0.834. The summed E-state index contributed by atoms with van der Waals surface area (Å²) < 4.78 is 0. The third-order valence-corrected chi connectivity index (χ3v) is 2.65. The van der Waals surface area contributed by atoms with E-state index in [9.17, 15) is 0 Å². The van der Waals surface area contributed by atoms with Crippen molar-refractivity contribution < 1.29 is 0 Å². The van der Waals surface area contributed by atoms with Gasteiger partial charge in [-0.25, -0.2) is 0 Å². The Morgan fingerprint density at radius 3 is 2.85 bits per heavy atom. The third kappa shape index (κ3) is 3.53. The largest absolute Gasteiger partial charge is 0.0925 e. The zero-order valence-corrected chi connectivity index (χ0v) is 9.90. The van der Waals surface area contributed by atoms with Gasteiger partial charge >= 0.3 is 0 Å². The quantitative estimate of drug-likeness (QED) is 0.704. The summed E-state index contributed by atoms with van der Waals surface area (Å²) in [6.07, 6.45) is 5.27. The van der Waals surface area contributed by atoms with Crippen LogP contribution in [-0.2, 0) is 0 Å². The molecule has 0 unspecified atom stereocenters. The van der Waals surface area contributed by atoms with Gasteiger partial charge in [0.15, 0.2) is 0 Å². The Morgan fingerprint density at radius 2 is 2.23 bits per heavy atom. The van der Waals surface area contributed by atoms with E-state index in [0.717, 1.165) is 27.9 Å². The first-order chi connectivity index (χ1) is 6.24. The van der Waals surface area contributed by atoms with E-state index >= 15 is 0 Å². The minimum absolute atomic E-state index is 0.834. The van der Waals surface area contributed by atoms with Crippen LogP contribution in [-0.4, -0.2) is 5.33 Å². The van der Waals surface area contributed by atoms with Crippen LogP contribution in [0.25, 0.3) is 6.08 Å². The van der Waals surface area contributed by atoms with Gasteiger partial charge in [-0.05, 0) is 30.5 Å². The lowest BCUT2D eigenvalue weighted by molar-refractivity contribution is 1.27. The molecule has 0 aliphatic rings. The molecule has 70 valence electrons. The van der Waals surface area contributed by atoms with Crippen molar-refractivity contribution in [3.05, 3.63) is 40.4 Å². The molecule has 0 saturated heterocycles. The topological polar surface area (TPSA) is 0 Å². The van der Waals surface area contributed by atoms with Crippen LogP contribution in [0, 0.1) is 6.92 Å². The predicted octanol–water partition coefficient (Wildman–Crippen LogP) is 4.45. The molecule has 0 fully saturated rings. The smallest absolute Gasteiger partial charge is 0.0441 e. The van der Waals surface area contributed by atoms with E-state index in [1.807, 2.05) is 19.1 Å². The summed E-state index contributed by atoms with van der Waals surface area (Å²) >= 11 is 9.36. The van der Waals surface area contributed by atoms with Crippen LogP contribution < -0.4 is 0 Å². The molecule has 0 nitrogen and oxygen atoms in total. The van der Waals surface area contributed by atoms with Crippen molar-refractivity contribution in [2.75, 3.05) is 5.33 Å². The van der Waals surface area contributed by atoms with Gasteiger partial charge in [-0.2, -0.15) is 0 Å². The molecule has 0 aromatic heterocycles. The first-order valence-electron chi connectivity index (χ1n) is 4.22. The highest BCUT2D eigenvalue weighted by Gasteiger charge is 1.93. The minimum Gasteiger partial charge on any atom is -0.0925 e. The number of hydrogen-bond acceptors (Lipinski definition) is 0. The maximum atomic E-state index is 5.98. The molecule has 0 saturated carbocycles. The van der Waals surface area contributed by atoms with Crippen molar-refractivity contribution >= 4 is 33.6 Å². The maximum absolute atomic E-state index is 5.98. The van der Waals surface area contributed by atoms with Gasteiger partial charge < -0.3 is 0 Å². The van der Waals surface area contributed by atoms with Crippen LogP contribution in [0.5, 0.6) is 0 Å². The molecule has 0 aliphatic carbocycles. The molecule has 0 amide bonds. The van der Waals surface area contributed by atoms with E-state index in [0.29, 0.717) is 0 Å². The first kappa shape index (κ1) is 10.8. The Balaban J connectivity index is 2.73. The first-order valence-corrected chi connectivity index (χ1v) is 5.72. The number of alkyl halides is 1. The third-order valence-electron chi connectivity index (χ3n) is 1.78. The lowest BCUT2D eigenvalue weighted by Crippen LogP contribution is -1.77. The summed E-state index contributed by atoms with van der Waals surface area (Å²) in [6.45, 7) is 2.01. The van der Waals surface area contributed by atoms with Crippen molar-refractivity contribution in [1.29, 1.82) is 0 Å². The molecule has 13 heavy (non-hydrogen) atoms. The summed E-state index contributed by atoms with van der Waals surface area (Å²) in [7, 11) is 0. The molecule has 0 radical (unpaired) electrons. The molecule has 1 aromatic rings. The van der Waals surface area contributed by atoms with Crippen LogP contribution in [0.2, 0.25) is 5.02 Å². The van der Waals surface area contributed by atoms with E-state index < -0.39 is 0 Å². The molecule has 1 rings (SSSR count). The molecule has 1 aromatic carbocycles. The van der Waals surface area contributed by atoms with E-state index in [-0.39, 0.29) is 0 Å². The van der Waals surface area contributed by atoms with E-state index in [4.69, 9.17) is 11.6 Å². The SMILES string of the molecule is Cc1ccc(C=CCCBr)cc1Cl. The molecule has 0 spiro atoms. The zero-order chi connectivity index (χ0) is 9.68.